The molecule has 0 aliphatic carbocycles. The lowest BCUT2D eigenvalue weighted by Gasteiger charge is -2.31. The first kappa shape index (κ1) is 16.0. The van der Waals surface area contributed by atoms with Crippen molar-refractivity contribution in [1.82, 2.24) is 15.5 Å². The summed E-state index contributed by atoms with van der Waals surface area (Å²) in [7, 11) is 1.65. The van der Waals surface area contributed by atoms with Gasteiger partial charge < -0.3 is 19.3 Å². The van der Waals surface area contributed by atoms with Crippen LogP contribution >= 0.6 is 0 Å². The number of nitrogens with zero attached hydrogens (tertiary/aromatic N) is 2. The first-order valence-electron chi connectivity index (χ1n) is 7.98. The van der Waals surface area contributed by atoms with E-state index in [9.17, 15) is 0 Å². The molecule has 23 heavy (non-hydrogen) atoms. The van der Waals surface area contributed by atoms with Crippen LogP contribution in [0.5, 0.6) is 5.75 Å². The molecule has 1 unspecified atom stereocenters. The Kier molecular flexibility index (Phi) is 4.93. The van der Waals surface area contributed by atoms with E-state index in [0.717, 1.165) is 24.3 Å². The number of rotatable bonds is 6. The molecule has 3 rings (SSSR count). The number of piperidine rings is 1. The van der Waals surface area contributed by atoms with E-state index in [1.165, 1.54) is 12.8 Å². The molecule has 2 aromatic rings. The minimum absolute atomic E-state index is 0.212. The molecule has 0 radical (unpaired) electrons. The molecule has 1 aromatic heterocycles. The van der Waals surface area contributed by atoms with Crippen LogP contribution in [-0.4, -0.2) is 23.8 Å². The number of nitrogens with one attached hydrogen (secondary N) is 1. The third kappa shape index (κ3) is 3.89. The average molecular weight is 317 g/mol. The van der Waals surface area contributed by atoms with Crippen LogP contribution in [0.3, 0.4) is 0 Å². The van der Waals surface area contributed by atoms with Crippen LogP contribution in [0.1, 0.15) is 43.5 Å². The van der Waals surface area contributed by atoms with Gasteiger partial charge in [0.15, 0.2) is 5.82 Å². The fourth-order valence-corrected chi connectivity index (χ4v) is 2.80. The SMILES string of the molecule is COc1cccc(COCc2noc(C3(C)CCCCN3)n2)c1. The highest BCUT2D eigenvalue weighted by atomic mass is 16.5. The molecule has 1 aliphatic heterocycles. The molecule has 1 aromatic carbocycles. The van der Waals surface area contributed by atoms with Gasteiger partial charge in [-0.15, -0.1) is 0 Å². The van der Waals surface area contributed by atoms with Gasteiger partial charge in [-0.1, -0.05) is 17.3 Å². The van der Waals surface area contributed by atoms with Crippen molar-refractivity contribution in [1.29, 1.82) is 0 Å². The summed E-state index contributed by atoms with van der Waals surface area (Å²) < 4.78 is 16.3. The summed E-state index contributed by atoms with van der Waals surface area (Å²) in [6.07, 6.45) is 3.38. The van der Waals surface area contributed by atoms with Gasteiger partial charge in [-0.3, -0.25) is 0 Å². The molecule has 0 bridgehead atoms. The van der Waals surface area contributed by atoms with Crippen LogP contribution in [0.15, 0.2) is 28.8 Å². The van der Waals surface area contributed by atoms with Gasteiger partial charge >= 0.3 is 0 Å². The van der Waals surface area contributed by atoms with Crippen molar-refractivity contribution < 1.29 is 14.0 Å². The molecule has 2 heterocycles. The molecule has 1 aliphatic rings. The van der Waals surface area contributed by atoms with E-state index in [2.05, 4.69) is 22.4 Å². The Hall–Kier alpha value is -1.92. The quantitative estimate of drug-likeness (QED) is 0.883. The van der Waals surface area contributed by atoms with Gasteiger partial charge in [0, 0.05) is 0 Å². The number of benzene rings is 1. The predicted octanol–water partition coefficient (Wildman–Crippen LogP) is 2.78. The van der Waals surface area contributed by atoms with Gasteiger partial charge in [0.05, 0.1) is 19.3 Å². The van der Waals surface area contributed by atoms with Gasteiger partial charge in [0.1, 0.15) is 12.4 Å². The van der Waals surface area contributed by atoms with Crippen molar-refractivity contribution in [3.8, 4) is 5.75 Å². The zero-order chi connectivity index (χ0) is 16.1. The molecular weight excluding hydrogens is 294 g/mol. The Morgan fingerprint density at radius 3 is 3.00 bits per heavy atom. The number of hydrogen-bond donors (Lipinski definition) is 1. The van der Waals surface area contributed by atoms with Gasteiger partial charge in [-0.05, 0) is 50.4 Å². The van der Waals surface area contributed by atoms with E-state index in [1.807, 2.05) is 24.3 Å². The number of ether oxygens (including phenoxy) is 2. The summed E-state index contributed by atoms with van der Waals surface area (Å²) >= 11 is 0. The maximum absolute atomic E-state index is 5.68. The maximum atomic E-state index is 5.68. The summed E-state index contributed by atoms with van der Waals surface area (Å²) in [4.78, 5) is 4.48. The highest BCUT2D eigenvalue weighted by molar-refractivity contribution is 5.27. The summed E-state index contributed by atoms with van der Waals surface area (Å²) in [6, 6.07) is 7.80. The normalized spacial score (nSPS) is 21.3. The number of methoxy groups -OCH3 is 1. The van der Waals surface area contributed by atoms with Crippen LogP contribution in [0, 0.1) is 0 Å². The minimum atomic E-state index is -0.212. The fraction of sp³-hybridized carbons (Fsp3) is 0.529. The third-order valence-electron chi connectivity index (χ3n) is 4.19. The maximum Gasteiger partial charge on any atom is 0.246 e. The minimum Gasteiger partial charge on any atom is -0.497 e. The molecule has 124 valence electrons. The summed E-state index contributed by atoms with van der Waals surface area (Å²) in [5, 5.41) is 7.49. The summed E-state index contributed by atoms with van der Waals surface area (Å²) in [5.41, 5.74) is 0.838. The highest BCUT2D eigenvalue weighted by Crippen LogP contribution is 2.28. The van der Waals surface area contributed by atoms with Crippen LogP contribution in [0.25, 0.3) is 0 Å². The van der Waals surface area contributed by atoms with Crippen molar-refractivity contribution in [3.63, 3.8) is 0 Å². The second-order valence-electron chi connectivity index (χ2n) is 6.08. The van der Waals surface area contributed by atoms with Crippen molar-refractivity contribution in [2.24, 2.45) is 0 Å². The van der Waals surface area contributed by atoms with Crippen molar-refractivity contribution >= 4 is 0 Å². The Morgan fingerprint density at radius 1 is 1.30 bits per heavy atom. The Balaban J connectivity index is 1.55. The van der Waals surface area contributed by atoms with Crippen LogP contribution in [0.4, 0.5) is 0 Å². The average Bonchev–Trinajstić information content (AvgIpc) is 3.06. The largest absolute Gasteiger partial charge is 0.497 e. The lowest BCUT2D eigenvalue weighted by atomic mass is 9.91. The Morgan fingerprint density at radius 2 is 2.22 bits per heavy atom. The molecular formula is C17H23N3O3. The molecule has 0 saturated carbocycles. The monoisotopic (exact) mass is 317 g/mol. The second kappa shape index (κ2) is 7.10. The Bertz CT molecular complexity index is 636. The second-order valence-corrected chi connectivity index (χ2v) is 6.08. The molecule has 0 amide bonds. The Labute approximate surface area is 136 Å². The zero-order valence-electron chi connectivity index (χ0n) is 13.7. The van der Waals surface area contributed by atoms with E-state index in [-0.39, 0.29) is 5.54 Å². The van der Waals surface area contributed by atoms with E-state index in [0.29, 0.717) is 24.9 Å². The molecule has 1 fully saturated rings. The van der Waals surface area contributed by atoms with E-state index < -0.39 is 0 Å². The van der Waals surface area contributed by atoms with Gasteiger partial charge in [0.25, 0.3) is 0 Å². The lowest BCUT2D eigenvalue weighted by molar-refractivity contribution is 0.0997. The topological polar surface area (TPSA) is 69.4 Å². The number of aromatic nitrogens is 2. The molecule has 1 N–H and O–H groups in total. The highest BCUT2D eigenvalue weighted by Gasteiger charge is 2.34. The molecule has 6 nitrogen and oxygen atoms in total. The summed E-state index contributed by atoms with van der Waals surface area (Å²) in [5.74, 6) is 2.05. The van der Waals surface area contributed by atoms with Gasteiger partial charge in [0.2, 0.25) is 5.89 Å². The lowest BCUT2D eigenvalue weighted by Crippen LogP contribution is -2.43. The van der Waals surface area contributed by atoms with Crippen LogP contribution < -0.4 is 10.1 Å². The molecule has 6 heteroatoms. The van der Waals surface area contributed by atoms with Crippen molar-refractivity contribution in [2.45, 2.75) is 44.9 Å². The zero-order valence-corrected chi connectivity index (χ0v) is 13.7. The van der Waals surface area contributed by atoms with Crippen LogP contribution in [0.2, 0.25) is 0 Å². The first-order valence-corrected chi connectivity index (χ1v) is 7.98. The smallest absolute Gasteiger partial charge is 0.246 e. The van der Waals surface area contributed by atoms with E-state index in [4.69, 9.17) is 14.0 Å². The van der Waals surface area contributed by atoms with E-state index >= 15 is 0 Å². The van der Waals surface area contributed by atoms with Gasteiger partial charge in [-0.25, -0.2) is 0 Å². The first-order chi connectivity index (χ1) is 11.2. The third-order valence-corrected chi connectivity index (χ3v) is 4.19. The van der Waals surface area contributed by atoms with Crippen molar-refractivity contribution in [2.75, 3.05) is 13.7 Å². The molecule has 1 saturated heterocycles. The van der Waals surface area contributed by atoms with Crippen molar-refractivity contribution in [3.05, 3.63) is 41.5 Å². The standard InChI is InChI=1S/C17H23N3O3/c1-17(8-3-4-9-18-17)16-19-15(20-23-16)12-22-11-13-6-5-7-14(10-13)21-2/h5-7,10,18H,3-4,8-9,11-12H2,1-2H3. The fourth-order valence-electron chi connectivity index (χ4n) is 2.80. The van der Waals surface area contributed by atoms with Crippen LogP contribution in [-0.2, 0) is 23.5 Å². The summed E-state index contributed by atoms with van der Waals surface area (Å²) in [6.45, 7) is 3.91. The predicted molar refractivity (Wildman–Crippen MR) is 85.0 cm³/mol. The van der Waals surface area contributed by atoms with Gasteiger partial charge in [-0.2, -0.15) is 4.98 Å². The molecule has 0 spiro atoms. The number of hydrogen-bond acceptors (Lipinski definition) is 6. The van der Waals surface area contributed by atoms with E-state index in [1.54, 1.807) is 7.11 Å². The molecule has 1 atom stereocenters.